The lowest BCUT2D eigenvalue weighted by atomic mass is 9.97. The van der Waals surface area contributed by atoms with Crippen molar-refractivity contribution < 1.29 is 0 Å². The van der Waals surface area contributed by atoms with Crippen molar-refractivity contribution in [3.05, 3.63) is 103 Å². The predicted molar refractivity (Wildman–Crippen MR) is 156 cm³/mol. The molecule has 0 radical (unpaired) electrons. The fourth-order valence-electron chi connectivity index (χ4n) is 6.08. The Morgan fingerprint density at radius 3 is 2.06 bits per heavy atom. The maximum Gasteiger partial charge on any atom is 0.0613 e. The minimum absolute atomic E-state index is 1.28. The van der Waals surface area contributed by atoms with Gasteiger partial charge in [-0.1, -0.05) is 66.7 Å². The highest BCUT2D eigenvalue weighted by Gasteiger charge is 2.18. The van der Waals surface area contributed by atoms with Gasteiger partial charge in [-0.25, -0.2) is 0 Å². The minimum atomic E-state index is 1.28. The van der Waals surface area contributed by atoms with E-state index in [2.05, 4.69) is 108 Å². The maximum absolute atomic E-state index is 2.46. The Bertz CT molecular complexity index is 2330. The van der Waals surface area contributed by atoms with Gasteiger partial charge in [0.05, 0.1) is 11.0 Å². The summed E-state index contributed by atoms with van der Waals surface area (Å²) >= 11 is 3.79. The topological polar surface area (TPSA) is 4.41 Å². The van der Waals surface area contributed by atoms with Crippen LogP contribution in [-0.4, -0.2) is 4.40 Å². The molecule has 0 N–H and O–H groups in total. The van der Waals surface area contributed by atoms with Gasteiger partial charge < -0.3 is 4.40 Å². The average Bonchev–Trinajstić information content (AvgIpc) is 3.58. The van der Waals surface area contributed by atoms with Crippen molar-refractivity contribution >= 4 is 101 Å². The smallest absolute Gasteiger partial charge is 0.0613 e. The van der Waals surface area contributed by atoms with Crippen LogP contribution in [0.1, 0.15) is 0 Å². The van der Waals surface area contributed by atoms with Crippen LogP contribution in [0.2, 0.25) is 0 Å². The Kier molecular flexibility index (Phi) is 3.36. The lowest BCUT2D eigenvalue weighted by Gasteiger charge is -2.12. The molecule has 0 aliphatic carbocycles. The van der Waals surface area contributed by atoms with Gasteiger partial charge in [-0.05, 0) is 30.3 Å². The van der Waals surface area contributed by atoms with Gasteiger partial charge in [0.25, 0.3) is 0 Å². The second kappa shape index (κ2) is 6.39. The van der Waals surface area contributed by atoms with E-state index in [4.69, 9.17) is 0 Å². The Hall–Kier alpha value is -3.92. The molecular weight excluding hydrogens is 462 g/mol. The molecule has 162 valence electrons. The number of benzene rings is 5. The maximum atomic E-state index is 2.46. The second-order valence-electron chi connectivity index (χ2n) is 9.36. The van der Waals surface area contributed by atoms with E-state index in [1.54, 1.807) is 0 Å². The van der Waals surface area contributed by atoms with E-state index in [1.165, 1.54) is 78.3 Å². The van der Waals surface area contributed by atoms with Gasteiger partial charge in [0.2, 0.25) is 0 Å². The fourth-order valence-corrected chi connectivity index (χ4v) is 8.31. The summed E-state index contributed by atoms with van der Waals surface area (Å²) in [4.78, 5) is 0. The molecule has 0 saturated carbocycles. The molecule has 0 bridgehead atoms. The molecular formula is C32H17NS2. The highest BCUT2D eigenvalue weighted by molar-refractivity contribution is 7.26. The lowest BCUT2D eigenvalue weighted by Crippen LogP contribution is -1.90. The van der Waals surface area contributed by atoms with Crippen LogP contribution < -0.4 is 0 Å². The zero-order valence-electron chi connectivity index (χ0n) is 18.6. The molecule has 0 atom stereocenters. The number of thiophene rings is 2. The molecule has 4 heterocycles. The third-order valence-electron chi connectivity index (χ3n) is 7.55. The second-order valence-corrected chi connectivity index (χ2v) is 11.5. The third-order valence-corrected chi connectivity index (χ3v) is 9.82. The lowest BCUT2D eigenvalue weighted by molar-refractivity contribution is 1.30. The standard InChI is InChI=1S/C32H17NS2/c1-2-8-19-18(7-1)17-33-25-16-29-23(20-9-3-5-11-26(20)35-29)15-24(25)30-22(32(19)33)13-14-28-31(30)21-10-4-6-12-27(21)34-28/h1-17H. The summed E-state index contributed by atoms with van der Waals surface area (Å²) in [5, 5.41) is 12.1. The first kappa shape index (κ1) is 18.4. The van der Waals surface area contributed by atoms with Crippen LogP contribution in [0.15, 0.2) is 103 Å². The van der Waals surface area contributed by atoms with Gasteiger partial charge in [-0.15, -0.1) is 22.7 Å². The van der Waals surface area contributed by atoms with Crippen molar-refractivity contribution in [2.45, 2.75) is 0 Å². The molecule has 0 fully saturated rings. The van der Waals surface area contributed by atoms with Crippen LogP contribution in [0.25, 0.3) is 78.3 Å². The van der Waals surface area contributed by atoms with Crippen molar-refractivity contribution in [1.29, 1.82) is 0 Å². The summed E-state index contributed by atoms with van der Waals surface area (Å²) in [5.41, 5.74) is 2.59. The molecule has 0 saturated heterocycles. The van der Waals surface area contributed by atoms with Crippen molar-refractivity contribution in [1.82, 2.24) is 4.40 Å². The normalized spacial score (nSPS) is 12.6. The van der Waals surface area contributed by atoms with Crippen molar-refractivity contribution in [2.24, 2.45) is 0 Å². The van der Waals surface area contributed by atoms with E-state index >= 15 is 0 Å². The summed E-state index contributed by atoms with van der Waals surface area (Å²) in [6.07, 6.45) is 2.32. The molecule has 9 aromatic rings. The van der Waals surface area contributed by atoms with Crippen molar-refractivity contribution in [3.8, 4) is 0 Å². The van der Waals surface area contributed by atoms with Crippen molar-refractivity contribution in [2.75, 3.05) is 0 Å². The zero-order valence-corrected chi connectivity index (χ0v) is 20.2. The van der Waals surface area contributed by atoms with Gasteiger partial charge in [-0.2, -0.15) is 0 Å². The molecule has 9 rings (SSSR count). The SMILES string of the molecule is c1ccc2c(c1)cn1c3cc4sc5ccccc5c4cc3c3c(ccc4sc5ccccc5c43)c21. The molecule has 5 aromatic carbocycles. The average molecular weight is 480 g/mol. The number of pyridine rings is 1. The number of nitrogens with zero attached hydrogens (tertiary/aromatic N) is 1. The molecule has 1 nitrogen and oxygen atoms in total. The molecule has 0 unspecified atom stereocenters. The first-order valence-corrected chi connectivity index (χ1v) is 13.5. The van der Waals surface area contributed by atoms with Crippen LogP contribution in [0.4, 0.5) is 0 Å². The number of fused-ring (bicyclic) bond motifs is 15. The van der Waals surface area contributed by atoms with Crippen LogP contribution in [0.5, 0.6) is 0 Å². The monoisotopic (exact) mass is 479 g/mol. The molecule has 0 spiro atoms. The minimum Gasteiger partial charge on any atom is -0.315 e. The zero-order chi connectivity index (χ0) is 22.7. The summed E-state index contributed by atoms with van der Waals surface area (Å²) in [6.45, 7) is 0. The number of rotatable bonds is 0. The summed E-state index contributed by atoms with van der Waals surface area (Å²) in [6, 6.07) is 36.0. The summed E-state index contributed by atoms with van der Waals surface area (Å²) in [7, 11) is 0. The van der Waals surface area contributed by atoms with E-state index in [-0.39, 0.29) is 0 Å². The Balaban J connectivity index is 1.67. The third kappa shape index (κ3) is 2.28. The predicted octanol–water partition coefficient (Wildman–Crippen LogP) is 10.1. The largest absolute Gasteiger partial charge is 0.315 e. The molecule has 0 aliphatic rings. The van der Waals surface area contributed by atoms with E-state index in [0.29, 0.717) is 0 Å². The van der Waals surface area contributed by atoms with E-state index in [0.717, 1.165) is 0 Å². The number of aromatic nitrogens is 1. The molecule has 0 aliphatic heterocycles. The Morgan fingerprint density at radius 1 is 0.457 bits per heavy atom. The van der Waals surface area contributed by atoms with Gasteiger partial charge in [0.15, 0.2) is 0 Å². The van der Waals surface area contributed by atoms with Gasteiger partial charge >= 0.3 is 0 Å². The van der Waals surface area contributed by atoms with E-state index in [1.807, 2.05) is 22.7 Å². The fraction of sp³-hybridized carbons (Fsp3) is 0. The first-order valence-electron chi connectivity index (χ1n) is 11.9. The van der Waals surface area contributed by atoms with Gasteiger partial charge in [0.1, 0.15) is 0 Å². The van der Waals surface area contributed by atoms with Crippen LogP contribution >= 0.6 is 22.7 Å². The molecule has 4 aromatic heterocycles. The highest BCUT2D eigenvalue weighted by atomic mass is 32.1. The summed E-state index contributed by atoms with van der Waals surface area (Å²) in [5.74, 6) is 0. The molecule has 0 amide bonds. The first-order chi connectivity index (χ1) is 17.3. The molecule has 3 heteroatoms. The van der Waals surface area contributed by atoms with Crippen LogP contribution in [0.3, 0.4) is 0 Å². The van der Waals surface area contributed by atoms with Gasteiger partial charge in [-0.3, -0.25) is 0 Å². The Morgan fingerprint density at radius 2 is 1.17 bits per heavy atom. The van der Waals surface area contributed by atoms with E-state index in [9.17, 15) is 0 Å². The number of hydrogen-bond acceptors (Lipinski definition) is 2. The number of hydrogen-bond donors (Lipinski definition) is 0. The van der Waals surface area contributed by atoms with Crippen molar-refractivity contribution in [3.63, 3.8) is 0 Å². The quantitative estimate of drug-likeness (QED) is 0.191. The highest BCUT2D eigenvalue weighted by Crippen LogP contribution is 2.46. The van der Waals surface area contributed by atoms with Crippen LogP contribution in [-0.2, 0) is 0 Å². The van der Waals surface area contributed by atoms with E-state index < -0.39 is 0 Å². The van der Waals surface area contributed by atoms with Crippen LogP contribution in [0, 0.1) is 0 Å². The Labute approximate surface area is 208 Å². The van der Waals surface area contributed by atoms with Gasteiger partial charge in [0, 0.05) is 73.5 Å². The summed E-state index contributed by atoms with van der Waals surface area (Å²) < 4.78 is 7.84. The molecule has 35 heavy (non-hydrogen) atoms.